The van der Waals surface area contributed by atoms with Gasteiger partial charge in [-0.05, 0) is 36.4 Å². The molecule has 0 aliphatic rings. The molecule has 0 saturated heterocycles. The SMILES string of the molecule is COc1ccc(-c2nn(CCO)c3cc(Cl)c(F)cc23)cc1. The zero-order chi connectivity index (χ0) is 15.7. The van der Waals surface area contributed by atoms with Gasteiger partial charge in [-0.3, -0.25) is 4.68 Å². The summed E-state index contributed by atoms with van der Waals surface area (Å²) in [5, 5.41) is 14.3. The number of methoxy groups -OCH3 is 1. The van der Waals surface area contributed by atoms with Crippen LogP contribution >= 0.6 is 11.6 Å². The monoisotopic (exact) mass is 320 g/mol. The molecule has 0 spiro atoms. The van der Waals surface area contributed by atoms with Crippen molar-refractivity contribution in [2.45, 2.75) is 6.54 Å². The topological polar surface area (TPSA) is 47.3 Å². The molecule has 1 heterocycles. The molecule has 1 aromatic heterocycles. The van der Waals surface area contributed by atoms with Gasteiger partial charge in [0.2, 0.25) is 0 Å². The zero-order valence-electron chi connectivity index (χ0n) is 11.9. The van der Waals surface area contributed by atoms with Crippen molar-refractivity contribution in [1.82, 2.24) is 9.78 Å². The Morgan fingerprint density at radius 3 is 2.64 bits per heavy atom. The summed E-state index contributed by atoms with van der Waals surface area (Å²) in [6.45, 7) is 0.252. The number of aliphatic hydroxyl groups is 1. The second-order valence-electron chi connectivity index (χ2n) is 4.81. The number of aliphatic hydroxyl groups excluding tert-OH is 1. The van der Waals surface area contributed by atoms with Crippen molar-refractivity contribution in [3.05, 3.63) is 47.2 Å². The van der Waals surface area contributed by atoms with E-state index in [-0.39, 0.29) is 11.6 Å². The molecule has 0 saturated carbocycles. The van der Waals surface area contributed by atoms with Gasteiger partial charge in [0.15, 0.2) is 0 Å². The minimum atomic E-state index is -0.493. The number of fused-ring (bicyclic) bond motifs is 1. The Morgan fingerprint density at radius 1 is 1.27 bits per heavy atom. The number of ether oxygens (including phenoxy) is 1. The lowest BCUT2D eigenvalue weighted by Gasteiger charge is -2.01. The quantitative estimate of drug-likeness (QED) is 0.800. The van der Waals surface area contributed by atoms with E-state index in [1.807, 2.05) is 24.3 Å². The Morgan fingerprint density at radius 2 is 2.00 bits per heavy atom. The largest absolute Gasteiger partial charge is 0.497 e. The van der Waals surface area contributed by atoms with E-state index in [1.54, 1.807) is 11.8 Å². The van der Waals surface area contributed by atoms with Crippen LogP contribution in [0, 0.1) is 5.82 Å². The van der Waals surface area contributed by atoms with Crippen LogP contribution in [-0.4, -0.2) is 28.6 Å². The minimum Gasteiger partial charge on any atom is -0.497 e. The van der Waals surface area contributed by atoms with Crippen molar-refractivity contribution in [3.63, 3.8) is 0 Å². The fourth-order valence-corrected chi connectivity index (χ4v) is 2.55. The predicted molar refractivity (Wildman–Crippen MR) is 83.8 cm³/mol. The average Bonchev–Trinajstić information content (AvgIpc) is 2.86. The first-order valence-corrected chi connectivity index (χ1v) is 7.12. The maximum Gasteiger partial charge on any atom is 0.142 e. The lowest BCUT2D eigenvalue weighted by Crippen LogP contribution is -2.03. The van der Waals surface area contributed by atoms with E-state index in [1.165, 1.54) is 12.1 Å². The molecule has 3 rings (SSSR count). The van der Waals surface area contributed by atoms with Crippen LogP contribution in [-0.2, 0) is 6.54 Å². The molecule has 1 N–H and O–H groups in total. The van der Waals surface area contributed by atoms with Crippen LogP contribution in [0.4, 0.5) is 4.39 Å². The minimum absolute atomic E-state index is 0.0351. The zero-order valence-corrected chi connectivity index (χ0v) is 12.6. The van der Waals surface area contributed by atoms with Crippen LogP contribution in [0.2, 0.25) is 5.02 Å². The van der Waals surface area contributed by atoms with Crippen molar-refractivity contribution < 1.29 is 14.2 Å². The summed E-state index contributed by atoms with van der Waals surface area (Å²) in [6.07, 6.45) is 0. The van der Waals surface area contributed by atoms with Gasteiger partial charge in [-0.2, -0.15) is 5.10 Å². The van der Waals surface area contributed by atoms with Crippen molar-refractivity contribution in [3.8, 4) is 17.0 Å². The van der Waals surface area contributed by atoms with E-state index in [0.29, 0.717) is 23.1 Å². The van der Waals surface area contributed by atoms with E-state index in [0.717, 1.165) is 11.3 Å². The first kappa shape index (κ1) is 14.8. The van der Waals surface area contributed by atoms with Crippen LogP contribution < -0.4 is 4.74 Å². The van der Waals surface area contributed by atoms with Crippen LogP contribution in [0.3, 0.4) is 0 Å². The Balaban J connectivity index is 2.21. The number of hydrogen-bond acceptors (Lipinski definition) is 3. The van der Waals surface area contributed by atoms with Crippen molar-refractivity contribution in [2.75, 3.05) is 13.7 Å². The summed E-state index contributed by atoms with van der Waals surface area (Å²) in [7, 11) is 1.59. The number of hydrogen-bond donors (Lipinski definition) is 1. The number of halogens is 2. The fraction of sp³-hybridized carbons (Fsp3) is 0.188. The number of rotatable bonds is 4. The highest BCUT2D eigenvalue weighted by molar-refractivity contribution is 6.31. The van der Waals surface area contributed by atoms with Gasteiger partial charge in [0.1, 0.15) is 17.3 Å². The molecule has 4 nitrogen and oxygen atoms in total. The third-order valence-electron chi connectivity index (χ3n) is 3.47. The van der Waals surface area contributed by atoms with Gasteiger partial charge in [0.05, 0.1) is 30.8 Å². The lowest BCUT2D eigenvalue weighted by atomic mass is 10.1. The van der Waals surface area contributed by atoms with Crippen molar-refractivity contribution >= 4 is 22.5 Å². The standard InChI is InChI=1S/C16H14ClFN2O2/c1-22-11-4-2-10(3-5-11)16-12-8-14(18)13(17)9-15(12)20(19-16)6-7-21/h2-5,8-9,21H,6-7H2,1H3. The van der Waals surface area contributed by atoms with E-state index in [2.05, 4.69) is 5.10 Å². The van der Waals surface area contributed by atoms with Crippen molar-refractivity contribution in [1.29, 1.82) is 0 Å². The highest BCUT2D eigenvalue weighted by Crippen LogP contribution is 2.32. The average molecular weight is 321 g/mol. The Kier molecular flexibility index (Phi) is 4.00. The molecule has 114 valence electrons. The molecule has 0 atom stereocenters. The smallest absolute Gasteiger partial charge is 0.142 e. The summed E-state index contributed by atoms with van der Waals surface area (Å²) in [4.78, 5) is 0. The Bertz CT molecular complexity index is 815. The third kappa shape index (κ3) is 2.53. The molecule has 0 unspecified atom stereocenters. The molecule has 0 aliphatic carbocycles. The summed E-state index contributed by atoms with van der Waals surface area (Å²) in [5.74, 6) is 0.240. The van der Waals surface area contributed by atoms with Gasteiger partial charge < -0.3 is 9.84 Å². The number of benzene rings is 2. The van der Waals surface area contributed by atoms with Gasteiger partial charge in [0.25, 0.3) is 0 Å². The summed E-state index contributed by atoms with van der Waals surface area (Å²) < 4.78 is 20.6. The van der Waals surface area contributed by atoms with Crippen LogP contribution in [0.15, 0.2) is 36.4 Å². The molecule has 0 radical (unpaired) electrons. The van der Waals surface area contributed by atoms with Crippen molar-refractivity contribution in [2.24, 2.45) is 0 Å². The molecule has 6 heteroatoms. The number of nitrogens with zero attached hydrogens (tertiary/aromatic N) is 2. The van der Waals surface area contributed by atoms with Crippen LogP contribution in [0.1, 0.15) is 0 Å². The maximum atomic E-state index is 13.8. The fourth-order valence-electron chi connectivity index (χ4n) is 2.40. The van der Waals surface area contributed by atoms with E-state index in [4.69, 9.17) is 21.4 Å². The van der Waals surface area contributed by atoms with Gasteiger partial charge in [0, 0.05) is 10.9 Å². The van der Waals surface area contributed by atoms with Gasteiger partial charge in [-0.15, -0.1) is 0 Å². The first-order valence-electron chi connectivity index (χ1n) is 6.75. The van der Waals surface area contributed by atoms with E-state index < -0.39 is 5.82 Å². The Hall–Kier alpha value is -2.11. The maximum absolute atomic E-state index is 13.8. The third-order valence-corrected chi connectivity index (χ3v) is 3.76. The molecule has 0 aliphatic heterocycles. The number of aromatic nitrogens is 2. The summed E-state index contributed by atoms with van der Waals surface area (Å²) in [5.41, 5.74) is 2.16. The molecule has 3 aromatic rings. The molecule has 22 heavy (non-hydrogen) atoms. The molecule has 2 aromatic carbocycles. The second kappa shape index (κ2) is 5.94. The highest BCUT2D eigenvalue weighted by atomic mass is 35.5. The van der Waals surface area contributed by atoms with E-state index in [9.17, 15) is 4.39 Å². The lowest BCUT2D eigenvalue weighted by molar-refractivity contribution is 0.272. The van der Waals surface area contributed by atoms with Gasteiger partial charge in [-0.25, -0.2) is 4.39 Å². The molecular weight excluding hydrogens is 307 g/mol. The van der Waals surface area contributed by atoms with Crippen LogP contribution in [0.25, 0.3) is 22.2 Å². The molecule has 0 amide bonds. The van der Waals surface area contributed by atoms with Crippen LogP contribution in [0.5, 0.6) is 5.75 Å². The van der Waals surface area contributed by atoms with Gasteiger partial charge >= 0.3 is 0 Å². The first-order chi connectivity index (χ1) is 10.6. The normalized spacial score (nSPS) is 11.1. The molecule has 0 bridgehead atoms. The molecule has 0 fully saturated rings. The highest BCUT2D eigenvalue weighted by Gasteiger charge is 2.15. The summed E-state index contributed by atoms with van der Waals surface area (Å²) >= 11 is 5.86. The van der Waals surface area contributed by atoms with Gasteiger partial charge in [-0.1, -0.05) is 11.6 Å². The summed E-state index contributed by atoms with van der Waals surface area (Å²) in [6, 6.07) is 10.3. The second-order valence-corrected chi connectivity index (χ2v) is 5.21. The van der Waals surface area contributed by atoms with E-state index >= 15 is 0 Å². The predicted octanol–water partition coefficient (Wildman–Crippen LogP) is 3.50. The molecular formula is C16H14ClFN2O2. The Labute approximate surface area is 131 Å².